The molecule has 16 heavy (non-hydrogen) atoms. The van der Waals surface area contributed by atoms with Crippen LogP contribution in [0.5, 0.6) is 0 Å². The molecule has 0 aliphatic heterocycles. The number of aromatic nitrogens is 4. The van der Waals surface area contributed by atoms with Gasteiger partial charge in [-0.1, -0.05) is 0 Å². The normalized spacial score (nSPS) is 10.4. The Morgan fingerprint density at radius 1 is 0.938 bits per heavy atom. The number of carbonyl (C=O) groups excluding carboxylic acids is 2. The van der Waals surface area contributed by atoms with E-state index >= 15 is 0 Å². The second kappa shape index (κ2) is 3.73. The molecule has 6 heteroatoms. The number of rotatable bonds is 3. The maximum absolute atomic E-state index is 11.7. The maximum atomic E-state index is 11.7. The van der Waals surface area contributed by atoms with E-state index in [4.69, 9.17) is 0 Å². The van der Waals surface area contributed by atoms with Gasteiger partial charge in [0.05, 0.1) is 0 Å². The summed E-state index contributed by atoms with van der Waals surface area (Å²) < 4.78 is 0. The highest BCUT2D eigenvalue weighted by molar-refractivity contribution is 6.48. The molecule has 0 saturated carbocycles. The molecule has 6 nitrogen and oxygen atoms in total. The maximum Gasteiger partial charge on any atom is 0.255 e. The van der Waals surface area contributed by atoms with Crippen molar-refractivity contribution in [1.29, 1.82) is 0 Å². The molecule has 2 aromatic heterocycles. The second-order valence-corrected chi connectivity index (χ2v) is 3.40. The van der Waals surface area contributed by atoms with E-state index in [-0.39, 0.29) is 11.4 Å². The minimum Gasteiger partial charge on any atom is -0.348 e. The molecule has 0 saturated heterocycles. The molecule has 0 unspecified atom stereocenters. The highest BCUT2D eigenvalue weighted by Crippen LogP contribution is 2.04. The summed E-state index contributed by atoms with van der Waals surface area (Å²) in [6, 6.07) is 0. The Kier molecular flexibility index (Phi) is 2.40. The fraction of sp³-hybridized carbons (Fsp3) is 0.200. The van der Waals surface area contributed by atoms with E-state index in [9.17, 15) is 9.59 Å². The Morgan fingerprint density at radius 2 is 1.31 bits per heavy atom. The number of Topliss-reactive ketones (excluding diaryl/α,β-unsaturated/α-hetero) is 2. The fourth-order valence-electron chi connectivity index (χ4n) is 1.30. The minimum atomic E-state index is -0.657. The third-order valence-corrected chi connectivity index (χ3v) is 2.08. The van der Waals surface area contributed by atoms with Gasteiger partial charge in [-0.2, -0.15) is 0 Å². The zero-order chi connectivity index (χ0) is 11.7. The first kappa shape index (κ1) is 10.3. The molecule has 0 fully saturated rings. The standard InChI is InChI=1S/C10H10N4O2/c1-5-11-3-7(13-5)9(15)10(16)8-4-12-6(2)14-8/h3-4H,1-2H3,(H,11,13)(H,12,14). The van der Waals surface area contributed by atoms with Crippen molar-refractivity contribution in [2.45, 2.75) is 13.8 Å². The topological polar surface area (TPSA) is 91.5 Å². The molecule has 2 rings (SSSR count). The molecule has 2 N–H and O–H groups in total. The number of H-pyrrole nitrogens is 2. The van der Waals surface area contributed by atoms with E-state index in [2.05, 4.69) is 19.9 Å². The summed E-state index contributed by atoms with van der Waals surface area (Å²) in [6.07, 6.45) is 2.82. The summed E-state index contributed by atoms with van der Waals surface area (Å²) in [6.45, 7) is 3.42. The Morgan fingerprint density at radius 3 is 1.56 bits per heavy atom. The lowest BCUT2D eigenvalue weighted by Crippen LogP contribution is -2.15. The zero-order valence-electron chi connectivity index (χ0n) is 8.87. The van der Waals surface area contributed by atoms with Crippen molar-refractivity contribution in [1.82, 2.24) is 19.9 Å². The average Bonchev–Trinajstić information content (AvgIpc) is 2.85. The summed E-state index contributed by atoms with van der Waals surface area (Å²) in [5, 5.41) is 0. The Hall–Kier alpha value is -2.24. The van der Waals surface area contributed by atoms with Crippen molar-refractivity contribution < 1.29 is 9.59 Å². The summed E-state index contributed by atoms with van der Waals surface area (Å²) >= 11 is 0. The quantitative estimate of drug-likeness (QED) is 0.589. The van der Waals surface area contributed by atoms with Crippen LogP contribution in [0.1, 0.15) is 32.6 Å². The highest BCUT2D eigenvalue weighted by Gasteiger charge is 2.22. The molecule has 2 aromatic rings. The van der Waals surface area contributed by atoms with Crippen molar-refractivity contribution in [2.75, 3.05) is 0 Å². The van der Waals surface area contributed by atoms with Crippen molar-refractivity contribution in [2.24, 2.45) is 0 Å². The molecule has 0 bridgehead atoms. The molecule has 0 amide bonds. The van der Waals surface area contributed by atoms with Crippen molar-refractivity contribution in [3.05, 3.63) is 35.4 Å². The number of nitrogens with one attached hydrogen (secondary N) is 2. The van der Waals surface area contributed by atoms with E-state index in [0.717, 1.165) is 0 Å². The first-order valence-corrected chi connectivity index (χ1v) is 4.71. The number of imidazole rings is 2. The van der Waals surface area contributed by atoms with Gasteiger partial charge in [0.1, 0.15) is 23.0 Å². The van der Waals surface area contributed by atoms with Crippen LogP contribution in [0.4, 0.5) is 0 Å². The number of hydrogen-bond acceptors (Lipinski definition) is 4. The van der Waals surface area contributed by atoms with Crippen LogP contribution in [-0.2, 0) is 0 Å². The molecule has 0 spiro atoms. The van der Waals surface area contributed by atoms with Crippen molar-refractivity contribution in [3.8, 4) is 0 Å². The third-order valence-electron chi connectivity index (χ3n) is 2.08. The summed E-state index contributed by atoms with van der Waals surface area (Å²) in [5.41, 5.74) is 0.228. The molecule has 0 aliphatic carbocycles. The van der Waals surface area contributed by atoms with E-state index in [1.807, 2.05) is 0 Å². The van der Waals surface area contributed by atoms with E-state index in [1.165, 1.54) is 12.4 Å². The number of carbonyl (C=O) groups is 2. The molecule has 82 valence electrons. The Bertz CT molecular complexity index is 502. The number of hydrogen-bond donors (Lipinski definition) is 2. The van der Waals surface area contributed by atoms with Crippen LogP contribution in [0.25, 0.3) is 0 Å². The monoisotopic (exact) mass is 218 g/mol. The summed E-state index contributed by atoms with van der Waals surface area (Å²) in [5.74, 6) is -0.129. The Balaban J connectivity index is 2.26. The molecule has 0 aliphatic rings. The predicted octanol–water partition coefficient (Wildman–Crippen LogP) is 0.815. The number of aryl methyl sites for hydroxylation is 2. The number of aromatic amines is 2. The van der Waals surface area contributed by atoms with Gasteiger partial charge in [0.25, 0.3) is 11.6 Å². The average molecular weight is 218 g/mol. The van der Waals surface area contributed by atoms with Gasteiger partial charge < -0.3 is 9.97 Å². The van der Waals surface area contributed by atoms with Crippen LogP contribution in [0.2, 0.25) is 0 Å². The van der Waals surface area contributed by atoms with Crippen LogP contribution >= 0.6 is 0 Å². The lowest BCUT2D eigenvalue weighted by Gasteiger charge is -1.91. The van der Waals surface area contributed by atoms with Crippen molar-refractivity contribution >= 4 is 11.6 Å². The van der Waals surface area contributed by atoms with Crippen LogP contribution in [0.15, 0.2) is 12.4 Å². The largest absolute Gasteiger partial charge is 0.348 e. The van der Waals surface area contributed by atoms with Gasteiger partial charge in [0, 0.05) is 12.4 Å². The SMILES string of the molecule is Cc1nc(C(=O)C(=O)c2c[nH]c(C)n2)c[nH]1. The van der Waals surface area contributed by atoms with E-state index < -0.39 is 11.6 Å². The fourth-order valence-corrected chi connectivity index (χ4v) is 1.30. The van der Waals surface area contributed by atoms with Gasteiger partial charge in [0.2, 0.25) is 0 Å². The van der Waals surface area contributed by atoms with E-state index in [0.29, 0.717) is 11.6 Å². The molecular weight excluding hydrogens is 208 g/mol. The van der Waals surface area contributed by atoms with E-state index in [1.54, 1.807) is 13.8 Å². The van der Waals surface area contributed by atoms with Crippen LogP contribution in [0.3, 0.4) is 0 Å². The number of nitrogens with zero attached hydrogens (tertiary/aromatic N) is 2. The molecular formula is C10H10N4O2. The zero-order valence-corrected chi connectivity index (χ0v) is 8.87. The lowest BCUT2D eigenvalue weighted by atomic mass is 10.1. The van der Waals surface area contributed by atoms with Gasteiger partial charge >= 0.3 is 0 Å². The first-order chi connectivity index (χ1) is 7.58. The van der Waals surface area contributed by atoms with Crippen LogP contribution in [-0.4, -0.2) is 31.5 Å². The minimum absolute atomic E-state index is 0.114. The molecule has 0 aromatic carbocycles. The Labute approximate surface area is 91.1 Å². The molecule has 2 heterocycles. The first-order valence-electron chi connectivity index (χ1n) is 4.71. The van der Waals surface area contributed by atoms with Gasteiger partial charge in [-0.3, -0.25) is 9.59 Å². The van der Waals surface area contributed by atoms with Gasteiger partial charge in [-0.25, -0.2) is 9.97 Å². The second-order valence-electron chi connectivity index (χ2n) is 3.40. The molecule has 0 atom stereocenters. The van der Waals surface area contributed by atoms with Crippen molar-refractivity contribution in [3.63, 3.8) is 0 Å². The smallest absolute Gasteiger partial charge is 0.255 e. The van der Waals surface area contributed by atoms with Gasteiger partial charge in [-0.15, -0.1) is 0 Å². The third kappa shape index (κ3) is 1.77. The lowest BCUT2D eigenvalue weighted by molar-refractivity contribution is 0.0811. The summed E-state index contributed by atoms with van der Waals surface area (Å²) in [4.78, 5) is 36.7. The van der Waals surface area contributed by atoms with Gasteiger partial charge in [-0.05, 0) is 13.8 Å². The van der Waals surface area contributed by atoms with Crippen LogP contribution < -0.4 is 0 Å². The summed E-state index contributed by atoms with van der Waals surface area (Å²) in [7, 11) is 0. The number of ketones is 2. The van der Waals surface area contributed by atoms with Gasteiger partial charge in [0.15, 0.2) is 0 Å². The highest BCUT2D eigenvalue weighted by atomic mass is 16.2. The predicted molar refractivity (Wildman–Crippen MR) is 55.3 cm³/mol. The molecule has 0 radical (unpaired) electrons. The van der Waals surface area contributed by atoms with Crippen LogP contribution in [0, 0.1) is 13.8 Å².